The van der Waals surface area contributed by atoms with E-state index in [1.54, 1.807) is 12.1 Å². The topological polar surface area (TPSA) is 52.3 Å². The molecule has 0 bridgehead atoms. The molecule has 0 saturated heterocycles. The summed E-state index contributed by atoms with van der Waals surface area (Å²) in [4.78, 5) is 12.0. The fraction of sp³-hybridized carbons (Fsp3) is 0.562. The number of alkyl halides is 3. The number of primary amides is 1. The average Bonchev–Trinajstić information content (AvgIpc) is 2.46. The van der Waals surface area contributed by atoms with Gasteiger partial charge in [-0.15, -0.1) is 13.2 Å². The van der Waals surface area contributed by atoms with Crippen LogP contribution in [0.25, 0.3) is 0 Å². The zero-order valence-electron chi connectivity index (χ0n) is 12.5. The molecule has 1 aliphatic rings. The van der Waals surface area contributed by atoms with Crippen LogP contribution in [0.4, 0.5) is 13.2 Å². The number of rotatable bonds is 4. The van der Waals surface area contributed by atoms with E-state index < -0.39 is 17.7 Å². The molecule has 1 saturated carbocycles. The van der Waals surface area contributed by atoms with E-state index in [4.69, 9.17) is 5.73 Å². The minimum atomic E-state index is -4.76. The summed E-state index contributed by atoms with van der Waals surface area (Å²) >= 11 is 0. The number of amides is 1. The smallest absolute Gasteiger partial charge is 0.405 e. The maximum absolute atomic E-state index is 12.6. The number of hydrogen-bond donors (Lipinski definition) is 1. The van der Waals surface area contributed by atoms with Gasteiger partial charge in [-0.2, -0.15) is 0 Å². The molecule has 1 fully saturated rings. The predicted octanol–water partition coefficient (Wildman–Crippen LogP) is 4.12. The van der Waals surface area contributed by atoms with Crippen LogP contribution < -0.4 is 10.5 Å². The molecule has 0 aromatic heterocycles. The Bertz CT molecular complexity index is 544. The molecule has 2 rings (SSSR count). The fourth-order valence-electron chi connectivity index (χ4n) is 3.57. The van der Waals surface area contributed by atoms with E-state index >= 15 is 0 Å². The third-order valence-electron chi connectivity index (χ3n) is 4.67. The van der Waals surface area contributed by atoms with Crippen molar-refractivity contribution in [3.8, 4) is 5.75 Å². The maximum Gasteiger partial charge on any atom is 0.573 e. The Labute approximate surface area is 127 Å². The Balaban J connectivity index is 2.46. The van der Waals surface area contributed by atoms with Gasteiger partial charge in [0, 0.05) is 5.92 Å². The van der Waals surface area contributed by atoms with Gasteiger partial charge >= 0.3 is 6.36 Å². The van der Waals surface area contributed by atoms with Gasteiger partial charge in [0.05, 0.1) is 5.41 Å². The molecular weight excluding hydrogens is 295 g/mol. The lowest BCUT2D eigenvalue weighted by atomic mass is 9.62. The second-order valence-electron chi connectivity index (χ2n) is 5.76. The fourth-order valence-corrected chi connectivity index (χ4v) is 3.57. The Kier molecular flexibility index (Phi) is 4.68. The van der Waals surface area contributed by atoms with Crippen LogP contribution >= 0.6 is 0 Å². The molecule has 1 amide bonds. The number of carbonyl (C=O) groups excluding carboxylic acids is 1. The molecule has 2 unspecified atom stereocenters. The van der Waals surface area contributed by atoms with Gasteiger partial charge < -0.3 is 10.5 Å². The van der Waals surface area contributed by atoms with Crippen molar-refractivity contribution in [3.63, 3.8) is 0 Å². The lowest BCUT2D eigenvalue weighted by Gasteiger charge is -2.42. The van der Waals surface area contributed by atoms with Crippen LogP contribution in [0, 0.1) is 5.41 Å². The van der Waals surface area contributed by atoms with Crippen molar-refractivity contribution in [1.82, 2.24) is 0 Å². The highest BCUT2D eigenvalue weighted by Crippen LogP contribution is 2.51. The second-order valence-corrected chi connectivity index (χ2v) is 5.76. The van der Waals surface area contributed by atoms with Gasteiger partial charge in [-0.3, -0.25) is 4.79 Å². The molecule has 0 aliphatic heterocycles. The number of carbonyl (C=O) groups is 1. The first-order valence-electron chi connectivity index (χ1n) is 7.45. The van der Waals surface area contributed by atoms with Gasteiger partial charge in [-0.1, -0.05) is 38.0 Å². The quantitative estimate of drug-likeness (QED) is 0.908. The summed E-state index contributed by atoms with van der Waals surface area (Å²) in [6.45, 7) is 1.86. The van der Waals surface area contributed by atoms with Crippen molar-refractivity contribution >= 4 is 5.91 Å². The minimum absolute atomic E-state index is 0.235. The van der Waals surface area contributed by atoms with Crippen molar-refractivity contribution in [2.45, 2.75) is 51.3 Å². The molecule has 0 heterocycles. The van der Waals surface area contributed by atoms with Gasteiger partial charge in [0.25, 0.3) is 0 Å². The van der Waals surface area contributed by atoms with E-state index in [-0.39, 0.29) is 11.7 Å². The first-order valence-corrected chi connectivity index (χ1v) is 7.45. The molecule has 2 N–H and O–H groups in total. The van der Waals surface area contributed by atoms with Crippen molar-refractivity contribution in [1.29, 1.82) is 0 Å². The first-order chi connectivity index (χ1) is 10.3. The zero-order valence-corrected chi connectivity index (χ0v) is 12.5. The van der Waals surface area contributed by atoms with Crippen molar-refractivity contribution < 1.29 is 22.7 Å². The van der Waals surface area contributed by atoms with Gasteiger partial charge in [0.1, 0.15) is 5.75 Å². The third kappa shape index (κ3) is 3.20. The van der Waals surface area contributed by atoms with Crippen LogP contribution in [-0.2, 0) is 4.79 Å². The summed E-state index contributed by atoms with van der Waals surface area (Å²) in [5.74, 6) is -1.02. The van der Waals surface area contributed by atoms with Crippen LogP contribution in [0.5, 0.6) is 5.75 Å². The van der Waals surface area contributed by atoms with Crippen LogP contribution in [0.3, 0.4) is 0 Å². The van der Waals surface area contributed by atoms with Crippen molar-refractivity contribution in [2.24, 2.45) is 11.1 Å². The number of benzene rings is 1. The number of ether oxygens (including phenoxy) is 1. The van der Waals surface area contributed by atoms with Crippen molar-refractivity contribution in [2.75, 3.05) is 0 Å². The number of halogens is 3. The lowest BCUT2D eigenvalue weighted by molar-refractivity contribution is -0.275. The van der Waals surface area contributed by atoms with Crippen molar-refractivity contribution in [3.05, 3.63) is 29.8 Å². The Morgan fingerprint density at radius 2 is 2.05 bits per heavy atom. The van der Waals surface area contributed by atoms with E-state index in [9.17, 15) is 18.0 Å². The predicted molar refractivity (Wildman–Crippen MR) is 76.3 cm³/mol. The molecule has 1 aromatic rings. The van der Waals surface area contributed by atoms with E-state index in [0.29, 0.717) is 24.8 Å². The SMILES string of the molecule is CCC1(C(N)=O)CCCCC1c1ccccc1OC(F)(F)F. The Morgan fingerprint density at radius 1 is 1.36 bits per heavy atom. The van der Waals surface area contributed by atoms with Gasteiger partial charge in [-0.05, 0) is 30.9 Å². The molecule has 0 radical (unpaired) electrons. The third-order valence-corrected chi connectivity index (χ3v) is 4.67. The Hall–Kier alpha value is -1.72. The maximum atomic E-state index is 12.6. The Morgan fingerprint density at radius 3 is 2.64 bits per heavy atom. The number of para-hydroxylation sites is 1. The van der Waals surface area contributed by atoms with Crippen LogP contribution in [0.15, 0.2) is 24.3 Å². The normalized spacial score (nSPS) is 25.7. The van der Waals surface area contributed by atoms with E-state index in [2.05, 4.69) is 4.74 Å². The molecule has 0 spiro atoms. The highest BCUT2D eigenvalue weighted by Gasteiger charge is 2.46. The summed E-state index contributed by atoms with van der Waals surface area (Å²) in [5, 5.41) is 0. The summed E-state index contributed by atoms with van der Waals surface area (Å²) in [6, 6.07) is 6.04. The summed E-state index contributed by atoms with van der Waals surface area (Å²) in [7, 11) is 0. The van der Waals surface area contributed by atoms with Crippen LogP contribution in [0.1, 0.15) is 50.5 Å². The molecule has 1 aromatic carbocycles. The highest BCUT2D eigenvalue weighted by molar-refractivity contribution is 5.82. The molecule has 1 aliphatic carbocycles. The summed E-state index contributed by atoms with van der Waals surface area (Å²) in [5.41, 5.74) is 5.23. The molecule has 122 valence electrons. The largest absolute Gasteiger partial charge is 0.573 e. The molecule has 6 heteroatoms. The second kappa shape index (κ2) is 6.18. The first kappa shape index (κ1) is 16.6. The van der Waals surface area contributed by atoms with Gasteiger partial charge in [0.2, 0.25) is 5.91 Å². The van der Waals surface area contributed by atoms with Gasteiger partial charge in [-0.25, -0.2) is 0 Å². The standard InChI is InChI=1S/C16H20F3NO2/c1-2-15(14(20)21)10-6-5-8-12(15)11-7-3-4-9-13(11)22-16(17,18)19/h3-4,7,9,12H,2,5-6,8,10H2,1H3,(H2,20,21). The number of nitrogens with two attached hydrogens (primary N) is 1. The molecule has 22 heavy (non-hydrogen) atoms. The molecular formula is C16H20F3NO2. The average molecular weight is 315 g/mol. The molecule has 2 atom stereocenters. The van der Waals surface area contributed by atoms with E-state index in [1.165, 1.54) is 12.1 Å². The van der Waals surface area contributed by atoms with E-state index in [0.717, 1.165) is 12.8 Å². The van der Waals surface area contributed by atoms with Crippen LogP contribution in [0.2, 0.25) is 0 Å². The summed E-state index contributed by atoms with van der Waals surface area (Å²) in [6.07, 6.45) is -1.30. The van der Waals surface area contributed by atoms with E-state index in [1.807, 2.05) is 6.92 Å². The minimum Gasteiger partial charge on any atom is -0.405 e. The monoisotopic (exact) mass is 315 g/mol. The zero-order chi connectivity index (χ0) is 16.4. The summed E-state index contributed by atoms with van der Waals surface area (Å²) < 4.78 is 42.0. The number of hydrogen-bond acceptors (Lipinski definition) is 2. The van der Waals surface area contributed by atoms with Gasteiger partial charge in [0.15, 0.2) is 0 Å². The highest BCUT2D eigenvalue weighted by atomic mass is 19.4. The lowest BCUT2D eigenvalue weighted by Crippen LogP contribution is -2.43. The molecule has 3 nitrogen and oxygen atoms in total. The van der Waals surface area contributed by atoms with Crippen LogP contribution in [-0.4, -0.2) is 12.3 Å².